The highest BCUT2D eigenvalue weighted by atomic mass is 16.5. The molecular formula is C23H28N2O3. The van der Waals surface area contributed by atoms with Crippen molar-refractivity contribution in [1.82, 2.24) is 10.3 Å². The van der Waals surface area contributed by atoms with E-state index < -0.39 is 5.97 Å². The number of ether oxygens (including phenoxy) is 1. The van der Waals surface area contributed by atoms with E-state index in [4.69, 9.17) is 4.74 Å². The SMILES string of the molecule is CC1CCCC(NC(=O)COC(=O)c2cc(C3CC3)nc3ccccc23)C1C. The molecule has 1 amide bonds. The summed E-state index contributed by atoms with van der Waals surface area (Å²) in [6, 6.07) is 9.59. The molecule has 1 aromatic heterocycles. The zero-order valence-electron chi connectivity index (χ0n) is 16.6. The molecule has 1 N–H and O–H groups in total. The number of para-hydroxylation sites is 1. The number of fused-ring (bicyclic) bond motifs is 1. The fourth-order valence-electron chi connectivity index (χ4n) is 4.20. The summed E-state index contributed by atoms with van der Waals surface area (Å²) in [6.45, 7) is 4.17. The first-order valence-corrected chi connectivity index (χ1v) is 10.4. The fraction of sp³-hybridized carbons (Fsp3) is 0.522. The number of esters is 1. The standard InChI is InChI=1S/C23H28N2O3/c1-14-6-5-9-19(15(14)2)25-22(26)13-28-23(27)18-12-21(16-10-11-16)24-20-8-4-3-7-17(18)20/h3-4,7-8,12,14-16,19H,5-6,9-11,13H2,1-2H3,(H,25,26). The number of hydrogen-bond acceptors (Lipinski definition) is 4. The topological polar surface area (TPSA) is 68.3 Å². The van der Waals surface area contributed by atoms with E-state index >= 15 is 0 Å². The van der Waals surface area contributed by atoms with Crippen molar-refractivity contribution in [3.8, 4) is 0 Å². The van der Waals surface area contributed by atoms with Gasteiger partial charge in [-0.25, -0.2) is 4.79 Å². The van der Waals surface area contributed by atoms with Gasteiger partial charge in [-0.05, 0) is 43.2 Å². The van der Waals surface area contributed by atoms with E-state index in [0.29, 0.717) is 23.3 Å². The number of carbonyl (C=O) groups excluding carboxylic acids is 2. The van der Waals surface area contributed by atoms with Crippen LogP contribution in [-0.2, 0) is 9.53 Å². The molecule has 4 rings (SSSR count). The van der Waals surface area contributed by atoms with E-state index in [1.54, 1.807) is 0 Å². The van der Waals surface area contributed by atoms with Crippen molar-refractivity contribution in [3.05, 3.63) is 41.6 Å². The molecule has 2 saturated carbocycles. The second-order valence-corrected chi connectivity index (χ2v) is 8.40. The van der Waals surface area contributed by atoms with Crippen LogP contribution in [0.5, 0.6) is 0 Å². The number of pyridine rings is 1. The summed E-state index contributed by atoms with van der Waals surface area (Å²) in [5, 5.41) is 3.82. The van der Waals surface area contributed by atoms with Crippen LogP contribution in [0.3, 0.4) is 0 Å². The Morgan fingerprint density at radius 3 is 2.71 bits per heavy atom. The number of amides is 1. The Morgan fingerprint density at radius 2 is 1.93 bits per heavy atom. The summed E-state index contributed by atoms with van der Waals surface area (Å²) in [6.07, 6.45) is 5.55. The monoisotopic (exact) mass is 380 g/mol. The number of nitrogens with zero attached hydrogens (tertiary/aromatic N) is 1. The Hall–Kier alpha value is -2.43. The van der Waals surface area contributed by atoms with Crippen LogP contribution in [0.4, 0.5) is 0 Å². The van der Waals surface area contributed by atoms with Gasteiger partial charge in [0.05, 0.1) is 11.1 Å². The second-order valence-electron chi connectivity index (χ2n) is 8.40. The van der Waals surface area contributed by atoms with E-state index in [0.717, 1.165) is 42.3 Å². The summed E-state index contributed by atoms with van der Waals surface area (Å²) in [4.78, 5) is 29.8. The molecule has 5 heteroatoms. The molecule has 0 aliphatic heterocycles. The first kappa shape index (κ1) is 18.9. The summed E-state index contributed by atoms with van der Waals surface area (Å²) in [7, 11) is 0. The Labute approximate surface area is 165 Å². The van der Waals surface area contributed by atoms with Crippen LogP contribution < -0.4 is 5.32 Å². The third-order valence-electron chi connectivity index (χ3n) is 6.34. The van der Waals surface area contributed by atoms with Crippen molar-refractivity contribution in [2.24, 2.45) is 11.8 Å². The number of aromatic nitrogens is 1. The zero-order chi connectivity index (χ0) is 19.7. The quantitative estimate of drug-likeness (QED) is 0.789. The minimum Gasteiger partial charge on any atom is -0.452 e. The van der Waals surface area contributed by atoms with Gasteiger partial charge in [0.2, 0.25) is 0 Å². The number of hydrogen-bond donors (Lipinski definition) is 1. The lowest BCUT2D eigenvalue weighted by molar-refractivity contribution is -0.125. The molecule has 1 aromatic carbocycles. The summed E-state index contributed by atoms with van der Waals surface area (Å²) in [5.41, 5.74) is 2.24. The van der Waals surface area contributed by atoms with Gasteiger partial charge in [0, 0.05) is 23.0 Å². The molecule has 2 aromatic rings. The molecule has 148 valence electrons. The van der Waals surface area contributed by atoms with E-state index in [2.05, 4.69) is 24.1 Å². The van der Waals surface area contributed by atoms with Crippen LogP contribution in [0.15, 0.2) is 30.3 Å². The van der Waals surface area contributed by atoms with Crippen LogP contribution >= 0.6 is 0 Å². The van der Waals surface area contributed by atoms with Crippen LogP contribution in [0.1, 0.15) is 67.9 Å². The van der Waals surface area contributed by atoms with Gasteiger partial charge in [-0.3, -0.25) is 9.78 Å². The largest absolute Gasteiger partial charge is 0.452 e. The highest BCUT2D eigenvalue weighted by molar-refractivity contribution is 6.04. The molecular weight excluding hydrogens is 352 g/mol. The van der Waals surface area contributed by atoms with E-state index in [9.17, 15) is 9.59 Å². The third-order valence-corrected chi connectivity index (χ3v) is 6.34. The lowest BCUT2D eigenvalue weighted by Gasteiger charge is -2.34. The lowest BCUT2D eigenvalue weighted by atomic mass is 9.78. The molecule has 0 radical (unpaired) electrons. The minimum absolute atomic E-state index is 0.165. The summed E-state index contributed by atoms with van der Waals surface area (Å²) >= 11 is 0. The van der Waals surface area contributed by atoms with Crippen molar-refractivity contribution in [2.45, 2.75) is 57.9 Å². The minimum atomic E-state index is -0.458. The average Bonchev–Trinajstić information content (AvgIpc) is 3.54. The number of carbonyl (C=O) groups is 2. The first-order valence-electron chi connectivity index (χ1n) is 10.4. The number of nitrogens with one attached hydrogen (secondary N) is 1. The van der Waals surface area contributed by atoms with E-state index in [1.807, 2.05) is 30.3 Å². The molecule has 0 spiro atoms. The Kier molecular flexibility index (Phi) is 5.33. The third kappa shape index (κ3) is 4.03. The average molecular weight is 380 g/mol. The summed E-state index contributed by atoms with van der Waals surface area (Å²) < 4.78 is 5.38. The Morgan fingerprint density at radius 1 is 1.14 bits per heavy atom. The highest BCUT2D eigenvalue weighted by Gasteiger charge is 2.29. The van der Waals surface area contributed by atoms with Gasteiger partial charge in [-0.15, -0.1) is 0 Å². The zero-order valence-corrected chi connectivity index (χ0v) is 16.6. The second kappa shape index (κ2) is 7.90. The molecule has 3 unspecified atom stereocenters. The van der Waals surface area contributed by atoms with Gasteiger partial charge < -0.3 is 10.1 Å². The van der Waals surface area contributed by atoms with Gasteiger partial charge in [-0.2, -0.15) is 0 Å². The number of benzene rings is 1. The van der Waals surface area contributed by atoms with E-state index in [-0.39, 0.29) is 18.6 Å². The van der Waals surface area contributed by atoms with Crippen LogP contribution in [0.25, 0.3) is 10.9 Å². The van der Waals surface area contributed by atoms with Gasteiger partial charge in [0.15, 0.2) is 6.61 Å². The van der Waals surface area contributed by atoms with Crippen molar-refractivity contribution in [2.75, 3.05) is 6.61 Å². The Bertz CT molecular complexity index is 891. The Balaban J connectivity index is 1.43. The van der Waals surface area contributed by atoms with Crippen LogP contribution in [-0.4, -0.2) is 29.5 Å². The maximum absolute atomic E-state index is 12.7. The van der Waals surface area contributed by atoms with Gasteiger partial charge in [0.25, 0.3) is 5.91 Å². The summed E-state index contributed by atoms with van der Waals surface area (Å²) in [5.74, 6) is 0.805. The molecule has 0 bridgehead atoms. The molecule has 2 aliphatic carbocycles. The van der Waals surface area contributed by atoms with Gasteiger partial charge in [-0.1, -0.05) is 44.9 Å². The maximum Gasteiger partial charge on any atom is 0.339 e. The molecule has 5 nitrogen and oxygen atoms in total. The maximum atomic E-state index is 12.7. The van der Waals surface area contributed by atoms with Crippen molar-refractivity contribution in [3.63, 3.8) is 0 Å². The fourth-order valence-corrected chi connectivity index (χ4v) is 4.20. The molecule has 1 heterocycles. The predicted molar refractivity (Wildman–Crippen MR) is 108 cm³/mol. The van der Waals surface area contributed by atoms with Crippen LogP contribution in [0.2, 0.25) is 0 Å². The van der Waals surface area contributed by atoms with Gasteiger partial charge >= 0.3 is 5.97 Å². The predicted octanol–water partition coefficient (Wildman–Crippen LogP) is 4.21. The van der Waals surface area contributed by atoms with Crippen molar-refractivity contribution < 1.29 is 14.3 Å². The molecule has 28 heavy (non-hydrogen) atoms. The van der Waals surface area contributed by atoms with Gasteiger partial charge in [0.1, 0.15) is 0 Å². The highest BCUT2D eigenvalue weighted by Crippen LogP contribution is 2.40. The first-order chi connectivity index (χ1) is 13.5. The molecule has 0 saturated heterocycles. The van der Waals surface area contributed by atoms with Crippen molar-refractivity contribution >= 4 is 22.8 Å². The van der Waals surface area contributed by atoms with Crippen LogP contribution in [0, 0.1) is 11.8 Å². The molecule has 3 atom stereocenters. The molecule has 2 fully saturated rings. The molecule has 2 aliphatic rings. The van der Waals surface area contributed by atoms with E-state index in [1.165, 1.54) is 6.42 Å². The smallest absolute Gasteiger partial charge is 0.339 e. The van der Waals surface area contributed by atoms with Crippen molar-refractivity contribution in [1.29, 1.82) is 0 Å². The normalized spacial score (nSPS) is 24.7. The number of rotatable bonds is 5. The lowest BCUT2D eigenvalue weighted by Crippen LogP contribution is -2.45.